The highest BCUT2D eigenvalue weighted by Gasteiger charge is 2.54. The van der Waals surface area contributed by atoms with Crippen LogP contribution < -0.4 is 0 Å². The van der Waals surface area contributed by atoms with E-state index >= 15 is 0 Å². The number of hydrogen-bond acceptors (Lipinski definition) is 5. The van der Waals surface area contributed by atoms with Gasteiger partial charge in [-0.2, -0.15) is 5.26 Å². The summed E-state index contributed by atoms with van der Waals surface area (Å²) in [5, 5.41) is 32.0. The molecule has 166 valence electrons. The first-order chi connectivity index (χ1) is 15.3. The van der Waals surface area contributed by atoms with Gasteiger partial charge in [0.25, 0.3) is 0 Å². The molecule has 0 aliphatic carbocycles. The second kappa shape index (κ2) is 8.54. The molecule has 2 aliphatic heterocycles. The number of fused-ring (bicyclic) bond motifs is 1. The highest BCUT2D eigenvalue weighted by atomic mass is 16.3. The van der Waals surface area contributed by atoms with Crippen molar-refractivity contribution in [1.29, 1.82) is 5.26 Å². The predicted molar refractivity (Wildman–Crippen MR) is 127 cm³/mol. The molecule has 5 nitrogen and oxygen atoms in total. The van der Waals surface area contributed by atoms with Crippen LogP contribution in [0, 0.1) is 11.3 Å². The number of benzene rings is 2. The predicted octanol–water partition coefficient (Wildman–Crippen LogP) is 4.79. The Morgan fingerprint density at radius 3 is 2.53 bits per heavy atom. The molecule has 2 aromatic rings. The van der Waals surface area contributed by atoms with Crippen molar-refractivity contribution in [2.45, 2.75) is 64.2 Å². The zero-order chi connectivity index (χ0) is 22.9. The van der Waals surface area contributed by atoms with E-state index < -0.39 is 11.3 Å². The van der Waals surface area contributed by atoms with Gasteiger partial charge in [-0.1, -0.05) is 55.8 Å². The van der Waals surface area contributed by atoms with E-state index in [-0.39, 0.29) is 6.42 Å². The summed E-state index contributed by atoms with van der Waals surface area (Å²) in [5.74, 6) is 0.767. The number of rotatable bonds is 6. The first-order valence-electron chi connectivity index (χ1n) is 11.4. The molecule has 5 heteroatoms. The number of aliphatic imine (C=N–C) groups is 1. The zero-order valence-electron chi connectivity index (χ0n) is 19.1. The lowest BCUT2D eigenvalue weighted by Gasteiger charge is -2.41. The van der Waals surface area contributed by atoms with Gasteiger partial charge in [-0.05, 0) is 49.4 Å². The van der Waals surface area contributed by atoms with Gasteiger partial charge in [-0.15, -0.1) is 0 Å². The smallest absolute Gasteiger partial charge is 0.166 e. The van der Waals surface area contributed by atoms with Gasteiger partial charge in [0.05, 0.1) is 23.8 Å². The van der Waals surface area contributed by atoms with Crippen molar-refractivity contribution < 1.29 is 10.2 Å². The molecule has 0 amide bonds. The maximum atomic E-state index is 11.8. The van der Waals surface area contributed by atoms with Gasteiger partial charge >= 0.3 is 0 Å². The normalized spacial score (nSPS) is 24.9. The Hall–Kier alpha value is -2.94. The van der Waals surface area contributed by atoms with Crippen molar-refractivity contribution in [2.75, 3.05) is 6.54 Å². The largest absolute Gasteiger partial charge is 0.388 e. The summed E-state index contributed by atoms with van der Waals surface area (Å²) >= 11 is 0. The number of unbranched alkanes of at least 4 members (excludes halogenated alkanes) is 1. The monoisotopic (exact) mass is 429 g/mol. The van der Waals surface area contributed by atoms with Gasteiger partial charge in [-0.25, -0.2) is 4.99 Å². The lowest BCUT2D eigenvalue weighted by molar-refractivity contribution is -0.0220. The third kappa shape index (κ3) is 4.09. The van der Waals surface area contributed by atoms with E-state index in [4.69, 9.17) is 4.99 Å². The molecular formula is C27H31N3O2. The first-order valence-corrected chi connectivity index (χ1v) is 11.4. The van der Waals surface area contributed by atoms with Crippen LogP contribution in [0.4, 0.5) is 0 Å². The zero-order valence-corrected chi connectivity index (χ0v) is 19.1. The van der Waals surface area contributed by atoms with Gasteiger partial charge in [-0.3, -0.25) is 0 Å². The van der Waals surface area contributed by atoms with Gasteiger partial charge in [0.15, 0.2) is 5.72 Å². The summed E-state index contributed by atoms with van der Waals surface area (Å²) < 4.78 is 0. The molecule has 0 saturated carbocycles. The van der Waals surface area contributed by atoms with Crippen LogP contribution in [0.2, 0.25) is 0 Å². The average molecular weight is 430 g/mol. The summed E-state index contributed by atoms with van der Waals surface area (Å²) in [5.41, 5.74) is 3.28. The third-order valence-corrected chi connectivity index (χ3v) is 6.55. The van der Waals surface area contributed by atoms with Crippen molar-refractivity contribution in [3.05, 3.63) is 70.9 Å². The summed E-state index contributed by atoms with van der Waals surface area (Å²) in [6, 6.07) is 18.0. The Labute approximate surface area is 190 Å². The van der Waals surface area contributed by atoms with E-state index in [1.165, 1.54) is 0 Å². The van der Waals surface area contributed by atoms with Gasteiger partial charge in [0.2, 0.25) is 0 Å². The quantitative estimate of drug-likeness (QED) is 0.692. The van der Waals surface area contributed by atoms with Crippen LogP contribution >= 0.6 is 0 Å². The number of amidine groups is 1. The van der Waals surface area contributed by atoms with Crippen molar-refractivity contribution in [3.8, 4) is 17.2 Å². The molecule has 0 bridgehead atoms. The summed E-state index contributed by atoms with van der Waals surface area (Å²) in [6.07, 6.45) is 3.71. The van der Waals surface area contributed by atoms with E-state index in [0.717, 1.165) is 53.1 Å². The van der Waals surface area contributed by atoms with E-state index in [0.29, 0.717) is 18.5 Å². The van der Waals surface area contributed by atoms with Crippen LogP contribution in [0.15, 0.2) is 64.8 Å². The van der Waals surface area contributed by atoms with E-state index in [9.17, 15) is 15.5 Å². The van der Waals surface area contributed by atoms with Crippen LogP contribution in [0.25, 0.3) is 11.1 Å². The molecule has 2 heterocycles. The molecule has 1 saturated heterocycles. The van der Waals surface area contributed by atoms with Gasteiger partial charge in [0.1, 0.15) is 5.84 Å². The lowest BCUT2D eigenvalue weighted by atomic mass is 9.86. The molecule has 0 aromatic heterocycles. The topological polar surface area (TPSA) is 79.8 Å². The Morgan fingerprint density at radius 1 is 1.12 bits per heavy atom. The molecule has 0 radical (unpaired) electrons. The fourth-order valence-corrected chi connectivity index (χ4v) is 4.99. The maximum absolute atomic E-state index is 11.8. The SMILES string of the molecule is CCCCC1=C(Cc2ccc(-c3ccccc3C#N)cc2)C2(O)CC(C)(O)CN2C(C)=N1. The van der Waals surface area contributed by atoms with Crippen molar-refractivity contribution in [3.63, 3.8) is 0 Å². The van der Waals surface area contributed by atoms with Crippen LogP contribution in [-0.4, -0.2) is 38.8 Å². The van der Waals surface area contributed by atoms with Gasteiger partial charge in [0, 0.05) is 24.1 Å². The van der Waals surface area contributed by atoms with Crippen LogP contribution in [0.3, 0.4) is 0 Å². The summed E-state index contributed by atoms with van der Waals surface area (Å²) in [4.78, 5) is 6.71. The fourth-order valence-electron chi connectivity index (χ4n) is 4.99. The molecule has 32 heavy (non-hydrogen) atoms. The number of nitrogens with zero attached hydrogens (tertiary/aromatic N) is 3. The minimum absolute atomic E-state index is 0.269. The Morgan fingerprint density at radius 2 is 1.84 bits per heavy atom. The highest BCUT2D eigenvalue weighted by molar-refractivity contribution is 5.84. The molecule has 2 N–H and O–H groups in total. The maximum Gasteiger partial charge on any atom is 0.166 e. The number of allylic oxidation sites excluding steroid dienone is 1. The third-order valence-electron chi connectivity index (χ3n) is 6.55. The number of aliphatic hydroxyl groups is 2. The highest BCUT2D eigenvalue weighted by Crippen LogP contribution is 2.45. The molecule has 2 atom stereocenters. The molecule has 2 aliphatic rings. The van der Waals surface area contributed by atoms with Crippen molar-refractivity contribution >= 4 is 5.84 Å². The Kier molecular flexibility index (Phi) is 5.94. The number of nitriles is 1. The Balaban J connectivity index is 1.69. The standard InChI is InChI=1S/C27H31N3O2/c1-4-5-10-25-24(27(32)17-26(3,31)18-30(27)19(2)29-25)15-20-11-13-21(14-12-20)23-9-7-6-8-22(23)16-28/h6-9,11-14,31-32H,4-5,10,15,17-18H2,1-3H3. The van der Waals surface area contributed by atoms with Crippen LogP contribution in [0.5, 0.6) is 0 Å². The minimum Gasteiger partial charge on any atom is -0.388 e. The fraction of sp³-hybridized carbons (Fsp3) is 0.407. The van der Waals surface area contributed by atoms with Crippen molar-refractivity contribution in [1.82, 2.24) is 4.90 Å². The number of hydrogen-bond donors (Lipinski definition) is 2. The van der Waals surface area contributed by atoms with E-state index in [1.807, 2.05) is 48.2 Å². The second-order valence-corrected chi connectivity index (χ2v) is 9.30. The average Bonchev–Trinajstić information content (AvgIpc) is 3.05. The van der Waals surface area contributed by atoms with E-state index in [2.05, 4.69) is 25.1 Å². The lowest BCUT2D eigenvalue weighted by Crippen LogP contribution is -2.50. The molecule has 2 aromatic carbocycles. The van der Waals surface area contributed by atoms with E-state index in [1.54, 1.807) is 6.92 Å². The van der Waals surface area contributed by atoms with Crippen LogP contribution in [-0.2, 0) is 6.42 Å². The molecule has 1 fully saturated rings. The Bertz CT molecular complexity index is 1110. The second-order valence-electron chi connectivity index (χ2n) is 9.30. The molecule has 0 spiro atoms. The molecular weight excluding hydrogens is 398 g/mol. The minimum atomic E-state index is -1.22. The van der Waals surface area contributed by atoms with Crippen LogP contribution in [0.1, 0.15) is 57.6 Å². The summed E-state index contributed by atoms with van der Waals surface area (Å²) in [6.45, 7) is 6.21. The first kappa shape index (κ1) is 22.3. The van der Waals surface area contributed by atoms with Gasteiger partial charge < -0.3 is 15.1 Å². The molecule has 4 rings (SSSR count). The molecule has 2 unspecified atom stereocenters. The summed E-state index contributed by atoms with van der Waals surface area (Å²) in [7, 11) is 0. The van der Waals surface area contributed by atoms with Crippen molar-refractivity contribution in [2.24, 2.45) is 4.99 Å².